The van der Waals surface area contributed by atoms with Crippen molar-refractivity contribution in [2.45, 2.75) is 32.7 Å². The highest BCUT2D eigenvalue weighted by molar-refractivity contribution is 8.23. The molecule has 2 heterocycles. The zero-order chi connectivity index (χ0) is 11.9. The highest BCUT2D eigenvalue weighted by Gasteiger charge is 2.17. The van der Waals surface area contributed by atoms with Gasteiger partial charge in [-0.05, 0) is 55.2 Å². The molecule has 0 fully saturated rings. The van der Waals surface area contributed by atoms with E-state index in [1.54, 1.807) is 0 Å². The number of hydrogen-bond donors (Lipinski definition) is 1. The molecule has 1 aliphatic heterocycles. The molecule has 0 aromatic carbocycles. The Bertz CT molecular complexity index is 503. The van der Waals surface area contributed by atoms with E-state index < -0.39 is 10.9 Å². The number of aryl methyl sites for hydroxylation is 1. The van der Waals surface area contributed by atoms with E-state index in [1.165, 1.54) is 10.5 Å². The molecule has 16 heavy (non-hydrogen) atoms. The summed E-state index contributed by atoms with van der Waals surface area (Å²) >= 11 is 6.21. The maximum absolute atomic E-state index is 6.21. The Morgan fingerprint density at radius 2 is 1.88 bits per heavy atom. The Morgan fingerprint density at radius 1 is 1.19 bits per heavy atom. The van der Waals surface area contributed by atoms with Crippen LogP contribution in [-0.4, -0.2) is 4.98 Å². The Labute approximate surface area is 105 Å². The lowest BCUT2D eigenvalue weighted by Gasteiger charge is -2.18. The molecule has 0 amide bonds. The summed E-state index contributed by atoms with van der Waals surface area (Å²) in [6.07, 6.45) is 2.24. The monoisotopic (exact) mass is 253 g/mol. The minimum atomic E-state index is -0.391. The molecule has 1 aromatic rings. The van der Waals surface area contributed by atoms with Gasteiger partial charge in [-0.2, -0.15) is 10.9 Å². The lowest BCUT2D eigenvalue weighted by Crippen LogP contribution is -1.93. The summed E-state index contributed by atoms with van der Waals surface area (Å²) in [6, 6.07) is 1.93. The van der Waals surface area contributed by atoms with Crippen LogP contribution in [0, 0.1) is 13.8 Å². The number of halogens is 1. The molecule has 0 saturated carbocycles. The molecule has 1 atom stereocenters. The van der Waals surface area contributed by atoms with Crippen molar-refractivity contribution in [1.82, 2.24) is 4.98 Å². The summed E-state index contributed by atoms with van der Waals surface area (Å²) in [7, 11) is -0.391. The SMILES string of the molecule is CC1=C[SH](c2nc(C)cc(Cl)c2C)C(C)=C1. The number of allylic oxidation sites excluding steroid dienone is 3. The van der Waals surface area contributed by atoms with Crippen molar-refractivity contribution in [1.29, 1.82) is 0 Å². The molecule has 0 radical (unpaired) electrons. The molecule has 0 N–H and O–H groups in total. The molecular weight excluding hydrogens is 238 g/mol. The van der Waals surface area contributed by atoms with E-state index in [9.17, 15) is 0 Å². The van der Waals surface area contributed by atoms with Crippen molar-refractivity contribution < 1.29 is 0 Å². The van der Waals surface area contributed by atoms with Crippen LogP contribution in [0.25, 0.3) is 0 Å². The van der Waals surface area contributed by atoms with Crippen molar-refractivity contribution >= 4 is 22.5 Å². The van der Waals surface area contributed by atoms with Gasteiger partial charge < -0.3 is 0 Å². The van der Waals surface area contributed by atoms with Gasteiger partial charge in [0.05, 0.1) is 5.03 Å². The predicted octanol–water partition coefficient (Wildman–Crippen LogP) is 4.53. The normalized spacial score (nSPS) is 21.9. The van der Waals surface area contributed by atoms with Gasteiger partial charge in [0.15, 0.2) is 0 Å². The topological polar surface area (TPSA) is 12.9 Å². The Morgan fingerprint density at radius 3 is 2.44 bits per heavy atom. The quantitative estimate of drug-likeness (QED) is 0.726. The predicted molar refractivity (Wildman–Crippen MR) is 73.5 cm³/mol. The van der Waals surface area contributed by atoms with Gasteiger partial charge in [-0.3, -0.25) is 0 Å². The largest absolute Gasteiger partial charge is 0.248 e. The molecule has 0 aliphatic carbocycles. The first-order valence-electron chi connectivity index (χ1n) is 5.28. The molecule has 2 rings (SSSR count). The van der Waals surface area contributed by atoms with Crippen molar-refractivity contribution in [3.05, 3.63) is 44.3 Å². The summed E-state index contributed by atoms with van der Waals surface area (Å²) in [4.78, 5) is 6.07. The number of pyridine rings is 1. The Balaban J connectivity index is 2.54. The standard InChI is InChI=1S/C13H16ClNS/c1-8-5-10(3)16(7-8)13-11(4)12(14)6-9(2)15-13/h5-7,16H,1-4H3. The van der Waals surface area contributed by atoms with Crippen LogP contribution < -0.4 is 0 Å². The number of rotatable bonds is 1. The van der Waals surface area contributed by atoms with Gasteiger partial charge in [0.2, 0.25) is 0 Å². The van der Waals surface area contributed by atoms with Crippen LogP contribution in [-0.2, 0) is 0 Å². The van der Waals surface area contributed by atoms with E-state index in [0.29, 0.717) is 0 Å². The lowest BCUT2D eigenvalue weighted by molar-refractivity contribution is 1.03. The van der Waals surface area contributed by atoms with Crippen molar-refractivity contribution in [3.8, 4) is 0 Å². The highest BCUT2D eigenvalue weighted by atomic mass is 35.5. The molecule has 1 aliphatic rings. The van der Waals surface area contributed by atoms with Crippen LogP contribution in [0.4, 0.5) is 0 Å². The number of nitrogens with zero attached hydrogens (tertiary/aromatic N) is 1. The van der Waals surface area contributed by atoms with E-state index in [4.69, 9.17) is 11.6 Å². The van der Waals surface area contributed by atoms with E-state index >= 15 is 0 Å². The van der Waals surface area contributed by atoms with Crippen LogP contribution in [0.1, 0.15) is 25.1 Å². The Hall–Kier alpha value is -0.730. The summed E-state index contributed by atoms with van der Waals surface area (Å²) < 4.78 is 0. The second-order valence-corrected chi connectivity index (χ2v) is 6.76. The number of aromatic nitrogens is 1. The fraction of sp³-hybridized carbons (Fsp3) is 0.308. The van der Waals surface area contributed by atoms with Crippen molar-refractivity contribution in [3.63, 3.8) is 0 Å². The lowest BCUT2D eigenvalue weighted by atomic mass is 10.3. The molecule has 1 nitrogen and oxygen atoms in total. The first-order valence-corrected chi connectivity index (χ1v) is 7.07. The fourth-order valence-electron chi connectivity index (χ4n) is 1.89. The molecule has 1 unspecified atom stereocenters. The summed E-state index contributed by atoms with van der Waals surface area (Å²) in [6.45, 7) is 8.37. The molecule has 1 aromatic heterocycles. The minimum absolute atomic E-state index is 0.391. The molecule has 0 spiro atoms. The smallest absolute Gasteiger partial charge is 0.0883 e. The third-order valence-corrected chi connectivity index (χ3v) is 5.53. The second-order valence-electron chi connectivity index (χ2n) is 4.22. The van der Waals surface area contributed by atoms with E-state index in [2.05, 4.69) is 37.2 Å². The van der Waals surface area contributed by atoms with E-state index in [-0.39, 0.29) is 0 Å². The van der Waals surface area contributed by atoms with Gasteiger partial charge in [0.25, 0.3) is 0 Å². The first kappa shape index (κ1) is 11.7. The summed E-state index contributed by atoms with van der Waals surface area (Å²) in [5.41, 5.74) is 3.46. The van der Waals surface area contributed by atoms with E-state index in [0.717, 1.165) is 21.3 Å². The van der Waals surface area contributed by atoms with Gasteiger partial charge in [-0.25, -0.2) is 4.98 Å². The van der Waals surface area contributed by atoms with Gasteiger partial charge in [-0.1, -0.05) is 17.7 Å². The zero-order valence-corrected chi connectivity index (χ0v) is 11.7. The average molecular weight is 254 g/mol. The number of thiol groups is 1. The first-order chi connectivity index (χ1) is 7.49. The van der Waals surface area contributed by atoms with E-state index in [1.807, 2.05) is 13.0 Å². The van der Waals surface area contributed by atoms with Gasteiger partial charge in [0.1, 0.15) is 0 Å². The molecule has 3 heteroatoms. The van der Waals surface area contributed by atoms with Crippen molar-refractivity contribution in [2.75, 3.05) is 0 Å². The maximum atomic E-state index is 6.21. The summed E-state index contributed by atoms with van der Waals surface area (Å²) in [5, 5.41) is 4.30. The molecule has 0 saturated heterocycles. The third-order valence-electron chi connectivity index (χ3n) is 2.69. The highest BCUT2D eigenvalue weighted by Crippen LogP contribution is 2.51. The van der Waals surface area contributed by atoms with Gasteiger partial charge in [-0.15, -0.1) is 0 Å². The van der Waals surface area contributed by atoms with Gasteiger partial charge in [0, 0.05) is 10.7 Å². The average Bonchev–Trinajstić information content (AvgIpc) is 2.51. The summed E-state index contributed by atoms with van der Waals surface area (Å²) in [5.74, 6) is 0. The van der Waals surface area contributed by atoms with Gasteiger partial charge >= 0.3 is 0 Å². The second kappa shape index (κ2) is 4.27. The zero-order valence-electron chi connectivity index (χ0n) is 10.0. The molecular formula is C13H16ClNS. The van der Waals surface area contributed by atoms with Crippen molar-refractivity contribution in [2.24, 2.45) is 0 Å². The van der Waals surface area contributed by atoms with Crippen LogP contribution >= 0.6 is 22.5 Å². The van der Waals surface area contributed by atoms with Crippen LogP contribution in [0.3, 0.4) is 0 Å². The maximum Gasteiger partial charge on any atom is 0.0883 e. The number of hydrogen-bond acceptors (Lipinski definition) is 1. The minimum Gasteiger partial charge on any atom is -0.248 e. The van der Waals surface area contributed by atoms with Crippen LogP contribution in [0.15, 0.2) is 33.1 Å². The third kappa shape index (κ3) is 2.04. The van der Waals surface area contributed by atoms with Crippen LogP contribution in [0.5, 0.6) is 0 Å². The van der Waals surface area contributed by atoms with Crippen LogP contribution in [0.2, 0.25) is 5.02 Å². The molecule has 86 valence electrons. The molecule has 0 bridgehead atoms. The fourth-order valence-corrected chi connectivity index (χ4v) is 4.43. The Kier molecular flexibility index (Phi) is 3.13.